The van der Waals surface area contributed by atoms with Crippen molar-refractivity contribution in [1.29, 1.82) is 0 Å². The third kappa shape index (κ3) is 1.65. The highest BCUT2D eigenvalue weighted by atomic mass is 16.3. The Hall–Kier alpha value is -1.90. The molecule has 1 aliphatic rings. The summed E-state index contributed by atoms with van der Waals surface area (Å²) < 4.78 is 0. The van der Waals surface area contributed by atoms with Gasteiger partial charge in [-0.25, -0.2) is 0 Å². The molecule has 0 saturated carbocycles. The summed E-state index contributed by atoms with van der Waals surface area (Å²) in [4.78, 5) is 0. The summed E-state index contributed by atoms with van der Waals surface area (Å²) in [5, 5.41) is 24.8. The Morgan fingerprint density at radius 3 is 2.40 bits per heavy atom. The first kappa shape index (κ1) is 11.9. The molecule has 0 radical (unpaired) electrons. The zero-order chi connectivity index (χ0) is 13.7. The average molecular weight is 264 g/mol. The molecule has 2 atom stereocenters. The topological polar surface area (TPSA) is 40.5 Å². The molecule has 0 amide bonds. The monoisotopic (exact) mass is 264 g/mol. The maximum absolute atomic E-state index is 10.2. The predicted octanol–water partition coefficient (Wildman–Crippen LogP) is 3.33. The molecule has 0 unspecified atom stereocenters. The van der Waals surface area contributed by atoms with Gasteiger partial charge >= 0.3 is 0 Å². The molecule has 2 N–H and O–H groups in total. The lowest BCUT2D eigenvalue weighted by molar-refractivity contribution is 0.00676. The molecule has 2 nitrogen and oxygen atoms in total. The summed E-state index contributed by atoms with van der Waals surface area (Å²) in [7, 11) is 0. The number of fused-ring (bicyclic) bond motifs is 4. The molecule has 4 rings (SSSR count). The van der Waals surface area contributed by atoms with Crippen molar-refractivity contribution in [2.75, 3.05) is 0 Å². The molecule has 0 saturated heterocycles. The highest BCUT2D eigenvalue weighted by Gasteiger charge is 2.27. The van der Waals surface area contributed by atoms with Gasteiger partial charge in [0.15, 0.2) is 0 Å². The van der Waals surface area contributed by atoms with Crippen LogP contribution in [0.1, 0.15) is 23.7 Å². The van der Waals surface area contributed by atoms with Crippen LogP contribution in [0.2, 0.25) is 0 Å². The van der Waals surface area contributed by atoms with E-state index in [2.05, 4.69) is 24.3 Å². The van der Waals surface area contributed by atoms with Gasteiger partial charge in [0.05, 0.1) is 6.10 Å². The molecule has 0 aliphatic heterocycles. The van der Waals surface area contributed by atoms with Gasteiger partial charge in [0.1, 0.15) is 6.10 Å². The zero-order valence-corrected chi connectivity index (χ0v) is 11.1. The second-order valence-electron chi connectivity index (χ2n) is 5.60. The zero-order valence-electron chi connectivity index (χ0n) is 11.1. The van der Waals surface area contributed by atoms with Crippen LogP contribution in [0.3, 0.4) is 0 Å². The Morgan fingerprint density at radius 2 is 1.60 bits per heavy atom. The van der Waals surface area contributed by atoms with Gasteiger partial charge in [0.2, 0.25) is 0 Å². The molecule has 2 heteroatoms. The molecule has 0 heterocycles. The third-order valence-electron chi connectivity index (χ3n) is 4.41. The van der Waals surface area contributed by atoms with Gasteiger partial charge in [0.25, 0.3) is 0 Å². The molecule has 0 fully saturated rings. The number of hydrogen-bond acceptors (Lipinski definition) is 2. The van der Waals surface area contributed by atoms with E-state index in [1.54, 1.807) is 0 Å². The predicted molar refractivity (Wildman–Crippen MR) is 80.7 cm³/mol. The minimum Gasteiger partial charge on any atom is -0.390 e. The van der Waals surface area contributed by atoms with Crippen molar-refractivity contribution in [2.24, 2.45) is 0 Å². The maximum atomic E-state index is 10.2. The number of aliphatic hydroxyl groups is 2. The van der Waals surface area contributed by atoms with Gasteiger partial charge in [-0.05, 0) is 57.6 Å². The largest absolute Gasteiger partial charge is 0.390 e. The first-order valence-electron chi connectivity index (χ1n) is 7.04. The van der Waals surface area contributed by atoms with Crippen molar-refractivity contribution in [3.63, 3.8) is 0 Å². The minimum absolute atomic E-state index is 0.625. The summed E-state index contributed by atoms with van der Waals surface area (Å²) >= 11 is 0. The molecule has 100 valence electrons. The normalized spacial score (nSPS) is 22.1. The highest BCUT2D eigenvalue weighted by Crippen LogP contribution is 2.36. The van der Waals surface area contributed by atoms with Gasteiger partial charge in [-0.3, -0.25) is 0 Å². The number of hydrogen-bond donors (Lipinski definition) is 2. The molecule has 3 aromatic rings. The average Bonchev–Trinajstić information content (AvgIpc) is 2.48. The van der Waals surface area contributed by atoms with Crippen molar-refractivity contribution < 1.29 is 10.2 Å². The van der Waals surface area contributed by atoms with Crippen LogP contribution in [0.4, 0.5) is 0 Å². The summed E-state index contributed by atoms with van der Waals surface area (Å²) in [6, 6.07) is 16.7. The standard InChI is InChI=1S/C18H16O2/c19-17-8-7-14-15(18(17)20)6-5-13-9-11-3-1-2-4-12(11)10-16(13)14/h1-6,9-10,17-20H,7-8H2/t17-,18+/m1/s1. The van der Waals surface area contributed by atoms with Gasteiger partial charge in [-0.2, -0.15) is 0 Å². The lowest BCUT2D eigenvalue weighted by Crippen LogP contribution is -2.25. The number of benzene rings is 3. The maximum Gasteiger partial charge on any atom is 0.105 e. The second-order valence-corrected chi connectivity index (χ2v) is 5.60. The van der Waals surface area contributed by atoms with Gasteiger partial charge in [-0.1, -0.05) is 36.4 Å². The summed E-state index contributed by atoms with van der Waals surface area (Å²) in [6.45, 7) is 0. The fourth-order valence-electron chi connectivity index (χ4n) is 3.31. The van der Waals surface area contributed by atoms with E-state index in [9.17, 15) is 10.2 Å². The first-order chi connectivity index (χ1) is 9.74. The Bertz CT molecular complexity index is 807. The quantitative estimate of drug-likeness (QED) is 0.611. The summed E-state index contributed by atoms with van der Waals surface area (Å²) in [5.41, 5.74) is 2.07. The second kappa shape index (κ2) is 4.30. The van der Waals surface area contributed by atoms with Crippen LogP contribution in [0.5, 0.6) is 0 Å². The van der Waals surface area contributed by atoms with Crippen molar-refractivity contribution in [3.8, 4) is 0 Å². The molecule has 0 aromatic heterocycles. The van der Waals surface area contributed by atoms with Gasteiger partial charge < -0.3 is 10.2 Å². The van der Waals surface area contributed by atoms with E-state index in [0.717, 1.165) is 12.0 Å². The first-order valence-corrected chi connectivity index (χ1v) is 7.04. The number of aryl methyl sites for hydroxylation is 1. The number of rotatable bonds is 0. The van der Waals surface area contributed by atoms with Crippen molar-refractivity contribution in [2.45, 2.75) is 25.0 Å². The van der Waals surface area contributed by atoms with Crippen LogP contribution in [-0.2, 0) is 6.42 Å². The van der Waals surface area contributed by atoms with E-state index in [4.69, 9.17) is 0 Å². The van der Waals surface area contributed by atoms with Crippen molar-refractivity contribution in [1.82, 2.24) is 0 Å². The Morgan fingerprint density at radius 1 is 0.850 bits per heavy atom. The molecular formula is C18H16O2. The van der Waals surface area contributed by atoms with E-state index in [1.165, 1.54) is 27.1 Å². The summed E-state index contributed by atoms with van der Waals surface area (Å²) in [5.74, 6) is 0. The lowest BCUT2D eigenvalue weighted by Gasteiger charge is -2.27. The van der Waals surface area contributed by atoms with Gasteiger partial charge in [0, 0.05) is 0 Å². The van der Waals surface area contributed by atoms with E-state index < -0.39 is 12.2 Å². The number of aliphatic hydroxyl groups excluding tert-OH is 2. The Labute approximate surface area is 117 Å². The fourth-order valence-corrected chi connectivity index (χ4v) is 3.31. The van der Waals surface area contributed by atoms with Gasteiger partial charge in [-0.15, -0.1) is 0 Å². The third-order valence-corrected chi connectivity index (χ3v) is 4.41. The smallest absolute Gasteiger partial charge is 0.105 e. The van der Waals surface area contributed by atoms with Crippen LogP contribution in [0.15, 0.2) is 48.5 Å². The molecule has 1 aliphatic carbocycles. The molecule has 0 bridgehead atoms. The molecule has 20 heavy (non-hydrogen) atoms. The van der Waals surface area contributed by atoms with Crippen LogP contribution < -0.4 is 0 Å². The highest BCUT2D eigenvalue weighted by molar-refractivity contribution is 6.00. The molecular weight excluding hydrogens is 248 g/mol. The van der Waals surface area contributed by atoms with E-state index in [1.807, 2.05) is 24.3 Å². The van der Waals surface area contributed by atoms with E-state index >= 15 is 0 Å². The van der Waals surface area contributed by atoms with Crippen molar-refractivity contribution in [3.05, 3.63) is 59.7 Å². The molecule has 0 spiro atoms. The SMILES string of the molecule is O[C@@H]1CCc2c(ccc3cc4ccccc4cc23)[C@@H]1O. The van der Waals surface area contributed by atoms with E-state index in [0.29, 0.717) is 6.42 Å². The van der Waals surface area contributed by atoms with E-state index in [-0.39, 0.29) is 0 Å². The minimum atomic E-state index is -0.755. The Balaban J connectivity index is 2.05. The van der Waals surface area contributed by atoms with Crippen LogP contribution in [0, 0.1) is 0 Å². The Kier molecular flexibility index (Phi) is 2.56. The summed E-state index contributed by atoms with van der Waals surface area (Å²) in [6.07, 6.45) is 0.0543. The van der Waals surface area contributed by atoms with Crippen LogP contribution in [-0.4, -0.2) is 16.3 Å². The van der Waals surface area contributed by atoms with Crippen molar-refractivity contribution >= 4 is 21.5 Å². The lowest BCUT2D eigenvalue weighted by atomic mass is 9.84. The van der Waals surface area contributed by atoms with Crippen LogP contribution in [0.25, 0.3) is 21.5 Å². The fraction of sp³-hybridized carbons (Fsp3) is 0.222. The van der Waals surface area contributed by atoms with Crippen LogP contribution >= 0.6 is 0 Å². The molecule has 3 aromatic carbocycles.